The molecule has 5 heteroatoms. The number of rotatable bonds is 7. The van der Waals surface area contributed by atoms with Gasteiger partial charge in [0.15, 0.2) is 0 Å². The monoisotopic (exact) mass is 299 g/mol. The van der Waals surface area contributed by atoms with Crippen molar-refractivity contribution in [1.29, 1.82) is 0 Å². The van der Waals surface area contributed by atoms with Crippen molar-refractivity contribution in [2.75, 3.05) is 26.2 Å². The third-order valence-corrected chi connectivity index (χ3v) is 4.76. The van der Waals surface area contributed by atoms with Gasteiger partial charge in [0.1, 0.15) is 0 Å². The summed E-state index contributed by atoms with van der Waals surface area (Å²) >= 11 is 0. The van der Waals surface area contributed by atoms with Gasteiger partial charge in [-0.05, 0) is 45.1 Å². The van der Waals surface area contributed by atoms with E-state index < -0.39 is 5.60 Å². The van der Waals surface area contributed by atoms with Gasteiger partial charge in [0.2, 0.25) is 0 Å². The highest BCUT2D eigenvalue weighted by atomic mass is 16.3. The minimum atomic E-state index is -0.786. The molecular weight excluding hydrogens is 266 g/mol. The molecule has 0 spiro atoms. The van der Waals surface area contributed by atoms with E-state index in [1.54, 1.807) is 0 Å². The molecule has 1 fully saturated rings. The fraction of sp³-hybridized carbons (Fsp3) is 0.938. The van der Waals surface area contributed by atoms with Crippen molar-refractivity contribution in [3.8, 4) is 0 Å². The number of carbonyl (C=O) groups excluding carboxylic acids is 1. The van der Waals surface area contributed by atoms with E-state index in [9.17, 15) is 9.90 Å². The smallest absolute Gasteiger partial charge is 0.314 e. The highest BCUT2D eigenvalue weighted by Gasteiger charge is 2.24. The van der Waals surface area contributed by atoms with Crippen molar-refractivity contribution in [3.05, 3.63) is 0 Å². The Hall–Kier alpha value is -0.810. The zero-order valence-electron chi connectivity index (χ0n) is 14.1. The largest absolute Gasteiger partial charge is 0.388 e. The number of urea groups is 1. The van der Waals surface area contributed by atoms with Crippen molar-refractivity contribution in [3.63, 3.8) is 0 Å². The summed E-state index contributed by atoms with van der Waals surface area (Å²) in [7, 11) is 0. The van der Waals surface area contributed by atoms with E-state index in [4.69, 9.17) is 0 Å². The van der Waals surface area contributed by atoms with E-state index in [1.165, 1.54) is 12.8 Å². The Balaban J connectivity index is 2.26. The Kier molecular flexibility index (Phi) is 7.46. The normalized spacial score (nSPS) is 21.9. The van der Waals surface area contributed by atoms with Gasteiger partial charge < -0.3 is 15.7 Å². The summed E-state index contributed by atoms with van der Waals surface area (Å²) in [6.07, 6.45) is 3.85. The third-order valence-electron chi connectivity index (χ3n) is 4.76. The van der Waals surface area contributed by atoms with Crippen LogP contribution < -0.4 is 10.6 Å². The Labute approximate surface area is 129 Å². The molecule has 1 aliphatic heterocycles. The zero-order chi connectivity index (χ0) is 15.9. The lowest BCUT2D eigenvalue weighted by atomic mass is 9.98. The summed E-state index contributed by atoms with van der Waals surface area (Å²) in [5, 5.41) is 15.8. The van der Waals surface area contributed by atoms with Gasteiger partial charge in [-0.25, -0.2) is 4.79 Å². The number of nitrogens with one attached hydrogen (secondary N) is 2. The number of likely N-dealkylation sites (tertiary alicyclic amines) is 1. The maximum atomic E-state index is 11.8. The van der Waals surface area contributed by atoms with Gasteiger partial charge in [0.25, 0.3) is 0 Å². The van der Waals surface area contributed by atoms with E-state index in [-0.39, 0.29) is 6.03 Å². The van der Waals surface area contributed by atoms with Crippen LogP contribution in [0, 0.1) is 5.92 Å². The Morgan fingerprint density at radius 2 is 2.05 bits per heavy atom. The Morgan fingerprint density at radius 1 is 1.38 bits per heavy atom. The molecule has 1 aliphatic rings. The lowest BCUT2D eigenvalue weighted by Crippen LogP contribution is -2.50. The van der Waals surface area contributed by atoms with Gasteiger partial charge >= 0.3 is 6.03 Å². The van der Waals surface area contributed by atoms with E-state index >= 15 is 0 Å². The molecule has 1 saturated heterocycles. The van der Waals surface area contributed by atoms with Gasteiger partial charge in [-0.1, -0.05) is 20.8 Å². The Morgan fingerprint density at radius 3 is 2.62 bits per heavy atom. The van der Waals surface area contributed by atoms with E-state index in [0.29, 0.717) is 32.0 Å². The highest BCUT2D eigenvalue weighted by molar-refractivity contribution is 5.73. The van der Waals surface area contributed by atoms with Gasteiger partial charge in [0, 0.05) is 25.7 Å². The number of piperidine rings is 1. The van der Waals surface area contributed by atoms with Crippen molar-refractivity contribution >= 4 is 6.03 Å². The van der Waals surface area contributed by atoms with Gasteiger partial charge in [-0.3, -0.25) is 4.90 Å². The molecular formula is C16H33N3O2. The molecule has 2 amide bonds. The molecule has 21 heavy (non-hydrogen) atoms. The second-order valence-electron chi connectivity index (χ2n) is 6.59. The van der Waals surface area contributed by atoms with Crippen LogP contribution in [0.25, 0.3) is 0 Å². The predicted molar refractivity (Wildman–Crippen MR) is 86.4 cm³/mol. The van der Waals surface area contributed by atoms with Crippen LogP contribution in [0.1, 0.15) is 53.4 Å². The van der Waals surface area contributed by atoms with Gasteiger partial charge in [0.05, 0.1) is 5.60 Å². The molecule has 1 rings (SSSR count). The number of hydrogen-bond donors (Lipinski definition) is 3. The topological polar surface area (TPSA) is 64.6 Å². The summed E-state index contributed by atoms with van der Waals surface area (Å²) in [5.41, 5.74) is -0.786. The number of aliphatic hydroxyl groups is 1. The molecule has 124 valence electrons. The molecule has 0 bridgehead atoms. The van der Waals surface area contributed by atoms with Crippen molar-refractivity contribution in [1.82, 2.24) is 15.5 Å². The molecule has 3 N–H and O–H groups in total. The number of hydrogen-bond acceptors (Lipinski definition) is 3. The average Bonchev–Trinajstić information content (AvgIpc) is 2.50. The van der Waals surface area contributed by atoms with Crippen LogP contribution in [0.4, 0.5) is 4.79 Å². The van der Waals surface area contributed by atoms with Crippen molar-refractivity contribution < 1.29 is 9.90 Å². The quantitative estimate of drug-likeness (QED) is 0.673. The van der Waals surface area contributed by atoms with Crippen LogP contribution in [0.5, 0.6) is 0 Å². The Bertz CT molecular complexity index is 319. The maximum Gasteiger partial charge on any atom is 0.314 e. The molecule has 0 aromatic rings. The summed E-state index contributed by atoms with van der Waals surface area (Å²) in [6, 6.07) is 0.168. The molecule has 2 atom stereocenters. The minimum absolute atomic E-state index is 0.188. The molecule has 0 saturated carbocycles. The van der Waals surface area contributed by atoms with Crippen LogP contribution in [-0.2, 0) is 0 Å². The fourth-order valence-electron chi connectivity index (χ4n) is 2.80. The molecule has 2 unspecified atom stereocenters. The first-order chi connectivity index (χ1) is 9.90. The van der Waals surface area contributed by atoms with Crippen LogP contribution in [0.2, 0.25) is 0 Å². The molecule has 5 nitrogen and oxygen atoms in total. The summed E-state index contributed by atoms with van der Waals surface area (Å²) in [6.45, 7) is 11.5. The van der Waals surface area contributed by atoms with Crippen LogP contribution in [0.3, 0.4) is 0 Å². The maximum absolute atomic E-state index is 11.8. The molecule has 0 aromatic heterocycles. The van der Waals surface area contributed by atoms with Crippen LogP contribution in [0.15, 0.2) is 0 Å². The summed E-state index contributed by atoms with van der Waals surface area (Å²) in [5.74, 6) is 0.749. The van der Waals surface area contributed by atoms with Crippen molar-refractivity contribution in [2.24, 2.45) is 5.92 Å². The first kappa shape index (κ1) is 18.2. The number of carbonyl (C=O) groups is 1. The lowest BCUT2D eigenvalue weighted by molar-refractivity contribution is 0.0349. The minimum Gasteiger partial charge on any atom is -0.388 e. The first-order valence-electron chi connectivity index (χ1n) is 8.38. The first-order valence-corrected chi connectivity index (χ1v) is 8.38. The predicted octanol–water partition coefficient (Wildman–Crippen LogP) is 1.96. The van der Waals surface area contributed by atoms with Crippen LogP contribution >= 0.6 is 0 Å². The van der Waals surface area contributed by atoms with Gasteiger partial charge in [-0.2, -0.15) is 0 Å². The SMILES string of the molecule is CCC(O)(CC)CNC(=O)NCC(C)N1CCCC(C)C1. The summed E-state index contributed by atoms with van der Waals surface area (Å²) < 4.78 is 0. The second kappa shape index (κ2) is 8.59. The average molecular weight is 299 g/mol. The van der Waals surface area contributed by atoms with E-state index in [0.717, 1.165) is 19.0 Å². The third kappa shape index (κ3) is 6.22. The molecule has 0 aromatic carbocycles. The molecule has 0 aliphatic carbocycles. The number of amides is 2. The standard InChI is InChI=1S/C16H33N3O2/c1-5-16(21,6-2)12-18-15(20)17-10-14(4)19-9-7-8-13(3)11-19/h13-14,21H,5-12H2,1-4H3,(H2,17,18,20). The van der Waals surface area contributed by atoms with E-state index in [1.807, 2.05) is 13.8 Å². The zero-order valence-corrected chi connectivity index (χ0v) is 14.1. The fourth-order valence-corrected chi connectivity index (χ4v) is 2.80. The van der Waals surface area contributed by atoms with Crippen LogP contribution in [-0.4, -0.2) is 53.9 Å². The van der Waals surface area contributed by atoms with Crippen molar-refractivity contribution in [2.45, 2.75) is 65.0 Å². The summed E-state index contributed by atoms with van der Waals surface area (Å²) in [4.78, 5) is 14.3. The molecule has 0 radical (unpaired) electrons. The molecule has 1 heterocycles. The number of nitrogens with zero attached hydrogens (tertiary/aromatic N) is 1. The van der Waals surface area contributed by atoms with E-state index in [2.05, 4.69) is 29.4 Å². The lowest BCUT2D eigenvalue weighted by Gasteiger charge is -2.35. The highest BCUT2D eigenvalue weighted by Crippen LogP contribution is 2.17. The second-order valence-corrected chi connectivity index (χ2v) is 6.59. The van der Waals surface area contributed by atoms with Gasteiger partial charge in [-0.15, -0.1) is 0 Å².